The molecule has 1 amide bonds. The molecule has 0 unspecified atom stereocenters. The molecule has 0 aliphatic rings. The van der Waals surface area contributed by atoms with Gasteiger partial charge in [0.2, 0.25) is 5.91 Å². The number of carbonyl (C=O) groups is 2. The summed E-state index contributed by atoms with van der Waals surface area (Å²) in [4.78, 5) is 23.3. The average Bonchev–Trinajstić information content (AvgIpc) is 2.21. The molecule has 0 fully saturated rings. The normalized spacial score (nSPS) is 12.2. The Morgan fingerprint density at radius 3 is 2.53 bits per heavy atom. The number of nitrogens with two attached hydrogens (primary N) is 1. The maximum atomic E-state index is 11.6. The topological polar surface area (TPSA) is 92.9 Å². The average molecular weight is 218 g/mol. The Morgan fingerprint density at radius 1 is 1.53 bits per heavy atom. The fourth-order valence-electron chi connectivity index (χ4n) is 1.04. The Kier molecular flexibility index (Phi) is 6.64. The van der Waals surface area contributed by atoms with Crippen molar-refractivity contribution in [2.75, 3.05) is 26.8 Å². The maximum absolute atomic E-state index is 11.6. The number of carboxylic acid groups (broad SMARTS) is 1. The standard InChI is InChI=1S/C9H18N2O4/c1-3-7(10)9(14)11(4-5-15-2)6-8(12)13/h7H,3-6,10H2,1-2H3,(H,12,13)/t7-/m0/s1. The van der Waals surface area contributed by atoms with Crippen molar-refractivity contribution in [1.29, 1.82) is 0 Å². The minimum atomic E-state index is -1.05. The highest BCUT2D eigenvalue weighted by Gasteiger charge is 2.21. The molecule has 0 radical (unpaired) electrons. The lowest BCUT2D eigenvalue weighted by Crippen LogP contribution is -2.46. The molecule has 0 aromatic carbocycles. The Labute approximate surface area is 89.0 Å². The summed E-state index contributed by atoms with van der Waals surface area (Å²) in [6.07, 6.45) is 0.488. The number of ether oxygens (including phenoxy) is 1. The highest BCUT2D eigenvalue weighted by atomic mass is 16.5. The summed E-state index contributed by atoms with van der Waals surface area (Å²) < 4.78 is 4.79. The third-order valence-corrected chi connectivity index (χ3v) is 1.96. The van der Waals surface area contributed by atoms with Crippen molar-refractivity contribution >= 4 is 11.9 Å². The second kappa shape index (κ2) is 7.19. The van der Waals surface area contributed by atoms with Crippen LogP contribution in [0.15, 0.2) is 0 Å². The molecule has 0 saturated heterocycles. The number of rotatable bonds is 7. The van der Waals surface area contributed by atoms with Crippen LogP contribution in [0.3, 0.4) is 0 Å². The second-order valence-corrected chi connectivity index (χ2v) is 3.16. The van der Waals surface area contributed by atoms with E-state index in [1.165, 1.54) is 12.0 Å². The minimum absolute atomic E-state index is 0.245. The molecule has 0 aromatic heterocycles. The van der Waals surface area contributed by atoms with Crippen molar-refractivity contribution in [2.45, 2.75) is 19.4 Å². The zero-order valence-corrected chi connectivity index (χ0v) is 9.10. The van der Waals surface area contributed by atoms with Crippen LogP contribution in [-0.2, 0) is 14.3 Å². The summed E-state index contributed by atoms with van der Waals surface area (Å²) in [6.45, 7) is 1.98. The van der Waals surface area contributed by atoms with Crippen molar-refractivity contribution in [2.24, 2.45) is 5.73 Å². The lowest BCUT2D eigenvalue weighted by atomic mass is 10.2. The first-order valence-electron chi connectivity index (χ1n) is 4.78. The maximum Gasteiger partial charge on any atom is 0.323 e. The quantitative estimate of drug-likeness (QED) is 0.588. The number of methoxy groups -OCH3 is 1. The smallest absolute Gasteiger partial charge is 0.323 e. The molecular weight excluding hydrogens is 200 g/mol. The van der Waals surface area contributed by atoms with Gasteiger partial charge >= 0.3 is 5.97 Å². The Balaban J connectivity index is 4.32. The molecular formula is C9H18N2O4. The van der Waals surface area contributed by atoms with Gasteiger partial charge in [0.25, 0.3) is 0 Å². The lowest BCUT2D eigenvalue weighted by molar-refractivity contribution is -0.145. The molecule has 88 valence electrons. The van der Waals surface area contributed by atoms with Crippen molar-refractivity contribution in [3.8, 4) is 0 Å². The zero-order chi connectivity index (χ0) is 11.8. The van der Waals surface area contributed by atoms with E-state index in [4.69, 9.17) is 15.6 Å². The lowest BCUT2D eigenvalue weighted by Gasteiger charge is -2.23. The molecule has 0 rings (SSSR count). The van der Waals surface area contributed by atoms with E-state index in [-0.39, 0.29) is 19.0 Å². The van der Waals surface area contributed by atoms with Crippen LogP contribution in [0.2, 0.25) is 0 Å². The Morgan fingerprint density at radius 2 is 2.13 bits per heavy atom. The van der Waals surface area contributed by atoms with Crippen LogP contribution in [0.5, 0.6) is 0 Å². The molecule has 3 N–H and O–H groups in total. The monoisotopic (exact) mass is 218 g/mol. The molecule has 0 spiro atoms. The van der Waals surface area contributed by atoms with Crippen LogP contribution in [0.4, 0.5) is 0 Å². The molecule has 0 saturated carbocycles. The number of amides is 1. The largest absolute Gasteiger partial charge is 0.480 e. The van der Waals surface area contributed by atoms with Crippen molar-refractivity contribution in [1.82, 2.24) is 4.90 Å². The molecule has 0 aromatic rings. The number of aliphatic carboxylic acids is 1. The molecule has 6 heteroatoms. The van der Waals surface area contributed by atoms with E-state index in [2.05, 4.69) is 0 Å². The fourth-order valence-corrected chi connectivity index (χ4v) is 1.04. The third kappa shape index (κ3) is 5.34. The van der Waals surface area contributed by atoms with Crippen molar-refractivity contribution in [3.05, 3.63) is 0 Å². The molecule has 0 aliphatic carbocycles. The summed E-state index contributed by atoms with van der Waals surface area (Å²) in [5.74, 6) is -1.40. The molecule has 6 nitrogen and oxygen atoms in total. The zero-order valence-electron chi connectivity index (χ0n) is 9.10. The van der Waals surface area contributed by atoms with Crippen LogP contribution in [0.1, 0.15) is 13.3 Å². The van der Waals surface area contributed by atoms with Gasteiger partial charge < -0.3 is 20.5 Å². The van der Waals surface area contributed by atoms with E-state index >= 15 is 0 Å². The number of carboxylic acids is 1. The van der Waals surface area contributed by atoms with E-state index < -0.39 is 12.0 Å². The predicted octanol–water partition coefficient (Wildman–Crippen LogP) is -0.717. The van der Waals surface area contributed by atoms with Crippen LogP contribution >= 0.6 is 0 Å². The van der Waals surface area contributed by atoms with Crippen LogP contribution in [-0.4, -0.2) is 54.7 Å². The van der Waals surface area contributed by atoms with Gasteiger partial charge in [0.1, 0.15) is 6.54 Å². The summed E-state index contributed by atoms with van der Waals surface area (Å²) in [7, 11) is 1.49. The minimum Gasteiger partial charge on any atom is -0.480 e. The number of carbonyl (C=O) groups excluding carboxylic acids is 1. The fraction of sp³-hybridized carbons (Fsp3) is 0.778. The van der Waals surface area contributed by atoms with Crippen molar-refractivity contribution in [3.63, 3.8) is 0 Å². The van der Waals surface area contributed by atoms with Gasteiger partial charge in [-0.25, -0.2) is 0 Å². The van der Waals surface area contributed by atoms with Gasteiger partial charge in [0, 0.05) is 13.7 Å². The highest BCUT2D eigenvalue weighted by Crippen LogP contribution is 1.97. The van der Waals surface area contributed by atoms with Gasteiger partial charge in [-0.3, -0.25) is 9.59 Å². The van der Waals surface area contributed by atoms with Crippen LogP contribution in [0.25, 0.3) is 0 Å². The highest BCUT2D eigenvalue weighted by molar-refractivity contribution is 5.85. The number of nitrogens with zero attached hydrogens (tertiary/aromatic N) is 1. The molecule has 0 aliphatic heterocycles. The first-order valence-corrected chi connectivity index (χ1v) is 4.78. The van der Waals surface area contributed by atoms with E-state index in [1.54, 1.807) is 6.92 Å². The van der Waals surface area contributed by atoms with Gasteiger partial charge in [0.15, 0.2) is 0 Å². The van der Waals surface area contributed by atoms with E-state index in [0.29, 0.717) is 13.0 Å². The van der Waals surface area contributed by atoms with Gasteiger partial charge in [-0.2, -0.15) is 0 Å². The van der Waals surface area contributed by atoms with E-state index in [0.717, 1.165) is 0 Å². The summed E-state index contributed by atoms with van der Waals surface area (Å²) in [5, 5.41) is 8.61. The SMILES string of the molecule is CC[C@H](N)C(=O)N(CCOC)CC(=O)O. The third-order valence-electron chi connectivity index (χ3n) is 1.96. The van der Waals surface area contributed by atoms with Gasteiger partial charge in [-0.15, -0.1) is 0 Å². The number of hydrogen-bond acceptors (Lipinski definition) is 4. The molecule has 1 atom stereocenters. The first-order chi connectivity index (χ1) is 7.02. The second-order valence-electron chi connectivity index (χ2n) is 3.16. The summed E-state index contributed by atoms with van der Waals surface area (Å²) in [6, 6.07) is -0.638. The van der Waals surface area contributed by atoms with Gasteiger partial charge in [0.05, 0.1) is 12.6 Å². The first kappa shape index (κ1) is 13.9. The molecule has 15 heavy (non-hydrogen) atoms. The Hall–Kier alpha value is -1.14. The van der Waals surface area contributed by atoms with Gasteiger partial charge in [-0.1, -0.05) is 6.92 Å². The molecule has 0 bridgehead atoms. The Bertz CT molecular complexity index is 220. The predicted molar refractivity (Wildman–Crippen MR) is 54.4 cm³/mol. The number of hydrogen-bond donors (Lipinski definition) is 2. The van der Waals surface area contributed by atoms with E-state index in [9.17, 15) is 9.59 Å². The van der Waals surface area contributed by atoms with Crippen LogP contribution < -0.4 is 5.73 Å². The van der Waals surface area contributed by atoms with Crippen molar-refractivity contribution < 1.29 is 19.4 Å². The van der Waals surface area contributed by atoms with Gasteiger partial charge in [-0.05, 0) is 6.42 Å². The molecule has 0 heterocycles. The summed E-state index contributed by atoms with van der Waals surface area (Å²) >= 11 is 0. The van der Waals surface area contributed by atoms with Crippen LogP contribution in [0, 0.1) is 0 Å². The summed E-state index contributed by atoms with van der Waals surface area (Å²) in [5.41, 5.74) is 5.54. The van der Waals surface area contributed by atoms with E-state index in [1.807, 2.05) is 0 Å².